The second-order valence-corrected chi connectivity index (χ2v) is 9.37. The Labute approximate surface area is 217 Å². The molecule has 0 N–H and O–H groups in total. The molecule has 10 heteroatoms. The molecular weight excluding hydrogens is 492 g/mol. The van der Waals surface area contributed by atoms with Crippen LogP contribution in [0.25, 0.3) is 0 Å². The van der Waals surface area contributed by atoms with Crippen LogP contribution in [0.4, 0.5) is 5.69 Å². The number of hydrogen-bond acceptors (Lipinski definition) is 8. The van der Waals surface area contributed by atoms with Crippen molar-refractivity contribution in [2.75, 3.05) is 13.2 Å². The van der Waals surface area contributed by atoms with Crippen molar-refractivity contribution in [3.8, 4) is 0 Å². The summed E-state index contributed by atoms with van der Waals surface area (Å²) < 4.78 is 12.9. The minimum Gasteiger partial charge on any atom is -0.454 e. The summed E-state index contributed by atoms with van der Waals surface area (Å²) in [6, 6.07) is 10.0. The van der Waals surface area contributed by atoms with E-state index in [9.17, 15) is 29.3 Å². The Morgan fingerprint density at radius 1 is 1.05 bits per heavy atom. The summed E-state index contributed by atoms with van der Waals surface area (Å²) >= 11 is 0. The van der Waals surface area contributed by atoms with Crippen LogP contribution in [0.15, 0.2) is 42.5 Å². The molecule has 194 valence electrons. The highest BCUT2D eigenvalue weighted by atomic mass is 16.6. The maximum atomic E-state index is 13.1. The number of ether oxygens (including phenoxy) is 2. The third-order valence-electron chi connectivity index (χ3n) is 7.09. The average molecular weight is 517 g/mol. The Balaban J connectivity index is 1.39. The van der Waals surface area contributed by atoms with E-state index in [2.05, 4.69) is 0 Å². The number of fused-ring (bicyclic) bond motifs is 2. The van der Waals surface area contributed by atoms with Crippen LogP contribution in [-0.2, 0) is 16.0 Å². The van der Waals surface area contributed by atoms with Crippen molar-refractivity contribution in [1.29, 1.82) is 0 Å². The van der Waals surface area contributed by atoms with E-state index < -0.39 is 51.7 Å². The molecule has 0 saturated carbocycles. The molecule has 1 fully saturated rings. The molecule has 2 aromatic carbocycles. The van der Waals surface area contributed by atoms with Crippen LogP contribution in [0.5, 0.6) is 0 Å². The molecule has 1 aromatic heterocycles. The summed E-state index contributed by atoms with van der Waals surface area (Å²) in [5.74, 6) is -2.89. The second-order valence-electron chi connectivity index (χ2n) is 9.37. The second kappa shape index (κ2) is 9.79. The Bertz CT molecular complexity index is 1530. The fourth-order valence-electron chi connectivity index (χ4n) is 5.17. The average Bonchev–Trinajstić information content (AvgIpc) is 3.53. The molecule has 3 aromatic rings. The molecule has 0 unspecified atom stereocenters. The zero-order chi connectivity index (χ0) is 27.1. The maximum absolute atomic E-state index is 13.1. The van der Waals surface area contributed by atoms with Crippen molar-refractivity contribution in [3.05, 3.63) is 97.3 Å². The number of nitro groups is 1. The van der Waals surface area contributed by atoms with E-state index in [1.807, 2.05) is 11.5 Å². The number of rotatable bonds is 7. The molecule has 5 rings (SSSR count). The molecule has 0 amide bonds. The molecule has 1 saturated heterocycles. The lowest BCUT2D eigenvalue weighted by molar-refractivity contribution is -0.385. The SMILES string of the molecule is Cc1cc(C(=O)COC(=O)c2ccc3c(c2[N+](=O)[O-])C(=O)c2ccccc2C3=O)c(C)n1C[C@H]1CCCO1. The number of esters is 1. The molecule has 10 nitrogen and oxygen atoms in total. The standard InChI is InChI=1S/C28H24N2O8/c1-15-12-22(16(2)29(15)13-17-6-5-11-37-17)23(31)14-38-28(34)21-10-9-20-24(25(21)30(35)36)27(33)19-8-4-3-7-18(19)26(20)32/h3-4,7-10,12,17H,5-6,11,13-14H2,1-2H3/t17-/m1/s1. The molecule has 1 aliphatic carbocycles. The van der Waals surface area contributed by atoms with Gasteiger partial charge < -0.3 is 14.0 Å². The van der Waals surface area contributed by atoms with E-state index in [0.29, 0.717) is 24.4 Å². The van der Waals surface area contributed by atoms with Crippen molar-refractivity contribution >= 4 is 29.0 Å². The van der Waals surface area contributed by atoms with Crippen LogP contribution in [0.3, 0.4) is 0 Å². The molecule has 2 heterocycles. The number of carbonyl (C=O) groups excluding carboxylic acids is 4. The van der Waals surface area contributed by atoms with E-state index in [1.54, 1.807) is 25.1 Å². The number of benzene rings is 2. The predicted octanol–water partition coefficient (Wildman–Crippen LogP) is 4.01. The van der Waals surface area contributed by atoms with E-state index in [0.717, 1.165) is 24.6 Å². The van der Waals surface area contributed by atoms with Gasteiger partial charge in [0.25, 0.3) is 5.69 Å². The topological polar surface area (TPSA) is 135 Å². The van der Waals surface area contributed by atoms with Crippen LogP contribution in [-0.4, -0.2) is 52.1 Å². The van der Waals surface area contributed by atoms with Gasteiger partial charge in [-0.1, -0.05) is 24.3 Å². The smallest absolute Gasteiger partial charge is 0.345 e. The van der Waals surface area contributed by atoms with Gasteiger partial charge in [-0.15, -0.1) is 0 Å². The third kappa shape index (κ3) is 4.22. The Hall–Kier alpha value is -4.44. The van der Waals surface area contributed by atoms with Gasteiger partial charge in [-0.25, -0.2) is 4.79 Å². The van der Waals surface area contributed by atoms with Gasteiger partial charge in [-0.05, 0) is 44.9 Å². The maximum Gasteiger partial charge on any atom is 0.345 e. The number of nitro benzene ring substituents is 1. The van der Waals surface area contributed by atoms with E-state index in [1.165, 1.54) is 18.2 Å². The number of aromatic nitrogens is 1. The molecule has 0 bridgehead atoms. The summed E-state index contributed by atoms with van der Waals surface area (Å²) in [5, 5.41) is 12.0. The zero-order valence-corrected chi connectivity index (χ0v) is 20.8. The first-order chi connectivity index (χ1) is 18.2. The Morgan fingerprint density at radius 2 is 1.76 bits per heavy atom. The predicted molar refractivity (Wildman–Crippen MR) is 134 cm³/mol. The molecule has 0 spiro atoms. The number of hydrogen-bond donors (Lipinski definition) is 0. The summed E-state index contributed by atoms with van der Waals surface area (Å²) in [6.45, 7) is 4.35. The van der Waals surface area contributed by atoms with Gasteiger partial charge >= 0.3 is 5.97 Å². The van der Waals surface area contributed by atoms with Gasteiger partial charge in [0.15, 0.2) is 12.4 Å². The fraction of sp³-hybridized carbons (Fsp3) is 0.286. The summed E-state index contributed by atoms with van der Waals surface area (Å²) in [7, 11) is 0. The van der Waals surface area contributed by atoms with E-state index in [-0.39, 0.29) is 22.8 Å². The number of aryl methyl sites for hydroxylation is 1. The number of ketones is 3. The monoisotopic (exact) mass is 516 g/mol. The van der Waals surface area contributed by atoms with Crippen molar-refractivity contribution in [2.45, 2.75) is 39.3 Å². The molecule has 1 atom stereocenters. The number of carbonyl (C=O) groups is 4. The van der Waals surface area contributed by atoms with Gasteiger partial charge in [0.05, 0.1) is 11.0 Å². The minimum atomic E-state index is -1.14. The lowest BCUT2D eigenvalue weighted by atomic mass is 9.82. The lowest BCUT2D eigenvalue weighted by Crippen LogP contribution is -2.24. The summed E-state index contributed by atoms with van der Waals surface area (Å²) in [4.78, 5) is 63.0. The fourth-order valence-corrected chi connectivity index (χ4v) is 5.17. The first kappa shape index (κ1) is 25.2. The van der Waals surface area contributed by atoms with Crippen molar-refractivity contribution in [2.24, 2.45) is 0 Å². The highest BCUT2D eigenvalue weighted by Crippen LogP contribution is 2.36. The number of Topliss-reactive ketones (excluding diaryl/α,β-unsaturated/α-hetero) is 1. The molecule has 0 radical (unpaired) electrons. The highest BCUT2D eigenvalue weighted by Gasteiger charge is 2.39. The van der Waals surface area contributed by atoms with Crippen LogP contribution < -0.4 is 0 Å². The molecule has 1 aliphatic heterocycles. The van der Waals surface area contributed by atoms with E-state index >= 15 is 0 Å². The summed E-state index contributed by atoms with van der Waals surface area (Å²) in [6.07, 6.45) is 2.01. The van der Waals surface area contributed by atoms with Crippen LogP contribution in [0.2, 0.25) is 0 Å². The highest BCUT2D eigenvalue weighted by molar-refractivity contribution is 6.30. The molecule has 38 heavy (non-hydrogen) atoms. The molecular formula is C28H24N2O8. The van der Waals surface area contributed by atoms with E-state index in [4.69, 9.17) is 9.47 Å². The van der Waals surface area contributed by atoms with Crippen LogP contribution in [0, 0.1) is 24.0 Å². The van der Waals surface area contributed by atoms with Crippen LogP contribution >= 0.6 is 0 Å². The molecule has 2 aliphatic rings. The first-order valence-corrected chi connectivity index (χ1v) is 12.2. The quantitative estimate of drug-likeness (QED) is 0.156. The van der Waals surface area contributed by atoms with Gasteiger partial charge in [0.1, 0.15) is 11.1 Å². The van der Waals surface area contributed by atoms with Crippen molar-refractivity contribution in [3.63, 3.8) is 0 Å². The first-order valence-electron chi connectivity index (χ1n) is 12.2. The normalized spacial score (nSPS) is 16.2. The van der Waals surface area contributed by atoms with Gasteiger partial charge in [-0.3, -0.25) is 24.5 Å². The number of nitrogens with zero attached hydrogens (tertiary/aromatic N) is 2. The van der Waals surface area contributed by atoms with Gasteiger partial charge in [-0.2, -0.15) is 0 Å². The van der Waals surface area contributed by atoms with Crippen molar-refractivity contribution < 1.29 is 33.6 Å². The van der Waals surface area contributed by atoms with Gasteiger partial charge in [0, 0.05) is 46.8 Å². The minimum absolute atomic E-state index is 0.0205. The summed E-state index contributed by atoms with van der Waals surface area (Å²) in [5.41, 5.74) is 0.162. The Morgan fingerprint density at radius 3 is 2.42 bits per heavy atom. The third-order valence-corrected chi connectivity index (χ3v) is 7.09. The van der Waals surface area contributed by atoms with Crippen LogP contribution in [0.1, 0.15) is 76.8 Å². The lowest BCUT2D eigenvalue weighted by Gasteiger charge is -2.18. The zero-order valence-electron chi connectivity index (χ0n) is 20.8. The van der Waals surface area contributed by atoms with Gasteiger partial charge in [0.2, 0.25) is 11.6 Å². The Kier molecular flexibility index (Phi) is 6.50. The largest absolute Gasteiger partial charge is 0.454 e. The van der Waals surface area contributed by atoms with Crippen molar-refractivity contribution in [1.82, 2.24) is 4.57 Å².